The molecule has 9 heteroatoms. The van der Waals surface area contributed by atoms with Crippen molar-refractivity contribution in [1.29, 1.82) is 0 Å². The molecular weight excluding hydrogens is 246 g/mol. The van der Waals surface area contributed by atoms with Crippen molar-refractivity contribution < 1.29 is 19.7 Å². The SMILES string of the molecule is O=CNc1ccc(C(O)C[N+](=O)[O-])cc1[N+](=O)[O-]. The molecular formula is C9H9N3O6. The van der Waals surface area contributed by atoms with E-state index in [0.29, 0.717) is 0 Å². The Hall–Kier alpha value is -2.55. The lowest BCUT2D eigenvalue weighted by Crippen LogP contribution is -2.12. The summed E-state index contributed by atoms with van der Waals surface area (Å²) in [6, 6.07) is 3.46. The molecule has 0 saturated carbocycles. The standard InChI is InChI=1S/C9H9N3O6/c13-5-10-7-2-1-6(3-8(7)12(17)18)9(14)4-11(15)16/h1-3,5,9,14H,4H2,(H,10,13). The average molecular weight is 255 g/mol. The number of nitro benzene ring substituents is 1. The average Bonchev–Trinajstić information content (AvgIpc) is 2.28. The number of carbonyl (C=O) groups excluding carboxylic acids is 1. The topological polar surface area (TPSA) is 136 Å². The molecule has 0 aromatic heterocycles. The molecule has 0 aliphatic carbocycles. The van der Waals surface area contributed by atoms with E-state index in [1.165, 1.54) is 12.1 Å². The van der Waals surface area contributed by atoms with Crippen LogP contribution in [-0.2, 0) is 4.79 Å². The van der Waals surface area contributed by atoms with E-state index >= 15 is 0 Å². The summed E-state index contributed by atoms with van der Waals surface area (Å²) in [5, 5.41) is 32.5. The van der Waals surface area contributed by atoms with E-state index in [9.17, 15) is 30.1 Å². The second-order valence-electron chi connectivity index (χ2n) is 3.33. The highest BCUT2D eigenvalue weighted by atomic mass is 16.6. The lowest BCUT2D eigenvalue weighted by atomic mass is 10.1. The van der Waals surface area contributed by atoms with Crippen molar-refractivity contribution in [2.75, 3.05) is 11.9 Å². The molecule has 0 heterocycles. The third-order valence-corrected chi connectivity index (χ3v) is 2.14. The Morgan fingerprint density at radius 1 is 1.39 bits per heavy atom. The Labute approximate surface area is 100 Å². The van der Waals surface area contributed by atoms with Crippen LogP contribution < -0.4 is 5.32 Å². The van der Waals surface area contributed by atoms with Gasteiger partial charge in [-0.3, -0.25) is 25.0 Å². The summed E-state index contributed by atoms with van der Waals surface area (Å²) in [6.07, 6.45) is -1.17. The molecule has 1 atom stereocenters. The van der Waals surface area contributed by atoms with Gasteiger partial charge in [-0.1, -0.05) is 6.07 Å². The van der Waals surface area contributed by atoms with E-state index in [-0.39, 0.29) is 17.7 Å². The molecule has 0 spiro atoms. The minimum Gasteiger partial charge on any atom is -0.382 e. The van der Waals surface area contributed by atoms with Crippen LogP contribution >= 0.6 is 0 Å². The summed E-state index contributed by atoms with van der Waals surface area (Å²) in [5.74, 6) is 0. The molecule has 1 aromatic carbocycles. The Balaban J connectivity index is 3.10. The zero-order valence-electron chi connectivity index (χ0n) is 8.98. The first-order valence-corrected chi connectivity index (χ1v) is 4.74. The Bertz CT molecular complexity index is 489. The number of aliphatic hydroxyl groups is 1. The van der Waals surface area contributed by atoms with Gasteiger partial charge in [-0.2, -0.15) is 0 Å². The van der Waals surface area contributed by atoms with Gasteiger partial charge in [-0.05, 0) is 11.6 Å². The summed E-state index contributed by atoms with van der Waals surface area (Å²) >= 11 is 0. The molecule has 18 heavy (non-hydrogen) atoms. The van der Waals surface area contributed by atoms with Gasteiger partial charge in [-0.15, -0.1) is 0 Å². The molecule has 96 valence electrons. The normalized spacial score (nSPS) is 11.6. The van der Waals surface area contributed by atoms with Crippen molar-refractivity contribution in [1.82, 2.24) is 0 Å². The predicted octanol–water partition coefficient (Wildman–Crippen LogP) is 0.473. The number of nitro groups is 2. The van der Waals surface area contributed by atoms with E-state index in [1.807, 2.05) is 0 Å². The Kier molecular flexibility index (Phi) is 4.27. The molecule has 0 aliphatic heterocycles. The first-order valence-electron chi connectivity index (χ1n) is 4.74. The van der Waals surface area contributed by atoms with Crippen molar-refractivity contribution >= 4 is 17.8 Å². The zero-order valence-corrected chi connectivity index (χ0v) is 8.98. The molecule has 0 radical (unpaired) electrons. The minimum absolute atomic E-state index is 0.0369. The van der Waals surface area contributed by atoms with Gasteiger partial charge in [0.25, 0.3) is 5.69 Å². The molecule has 9 nitrogen and oxygen atoms in total. The number of carbonyl (C=O) groups is 1. The summed E-state index contributed by atoms with van der Waals surface area (Å²) in [5.41, 5.74) is -0.455. The van der Waals surface area contributed by atoms with Gasteiger partial charge in [0.1, 0.15) is 11.8 Å². The molecule has 0 bridgehead atoms. The fraction of sp³-hybridized carbons (Fsp3) is 0.222. The van der Waals surface area contributed by atoms with Crippen LogP contribution in [-0.4, -0.2) is 27.9 Å². The van der Waals surface area contributed by atoms with Gasteiger partial charge in [0, 0.05) is 11.0 Å². The van der Waals surface area contributed by atoms with Crippen molar-refractivity contribution in [3.63, 3.8) is 0 Å². The predicted molar refractivity (Wildman–Crippen MR) is 59.6 cm³/mol. The molecule has 0 aliphatic rings. The van der Waals surface area contributed by atoms with E-state index < -0.39 is 28.2 Å². The van der Waals surface area contributed by atoms with E-state index in [1.54, 1.807) is 0 Å². The van der Waals surface area contributed by atoms with Gasteiger partial charge in [0.15, 0.2) is 0 Å². The summed E-state index contributed by atoms with van der Waals surface area (Å²) in [4.78, 5) is 29.7. The third-order valence-electron chi connectivity index (χ3n) is 2.14. The van der Waals surface area contributed by atoms with Crippen molar-refractivity contribution in [2.45, 2.75) is 6.10 Å². The fourth-order valence-electron chi connectivity index (χ4n) is 1.34. The lowest BCUT2D eigenvalue weighted by molar-refractivity contribution is -0.491. The summed E-state index contributed by atoms with van der Waals surface area (Å²) in [7, 11) is 0. The largest absolute Gasteiger partial charge is 0.382 e. The van der Waals surface area contributed by atoms with Crippen LogP contribution in [0.1, 0.15) is 11.7 Å². The molecule has 0 fully saturated rings. The highest BCUT2D eigenvalue weighted by molar-refractivity contribution is 5.77. The summed E-state index contributed by atoms with van der Waals surface area (Å²) < 4.78 is 0. The smallest absolute Gasteiger partial charge is 0.293 e. The molecule has 0 saturated heterocycles. The highest BCUT2D eigenvalue weighted by Crippen LogP contribution is 2.27. The number of hydrogen-bond donors (Lipinski definition) is 2. The van der Waals surface area contributed by atoms with Crippen molar-refractivity contribution in [3.8, 4) is 0 Å². The number of rotatable bonds is 6. The van der Waals surface area contributed by atoms with Crippen molar-refractivity contribution in [2.24, 2.45) is 0 Å². The first kappa shape index (κ1) is 13.5. The molecule has 1 unspecified atom stereocenters. The van der Waals surface area contributed by atoms with Crippen LogP contribution in [0, 0.1) is 20.2 Å². The third kappa shape index (κ3) is 3.22. The highest BCUT2D eigenvalue weighted by Gasteiger charge is 2.20. The molecule has 2 N–H and O–H groups in total. The number of amides is 1. The quantitative estimate of drug-likeness (QED) is 0.431. The van der Waals surface area contributed by atoms with Gasteiger partial charge < -0.3 is 10.4 Å². The number of aliphatic hydroxyl groups excluding tert-OH is 1. The van der Waals surface area contributed by atoms with E-state index in [0.717, 1.165) is 6.07 Å². The zero-order chi connectivity index (χ0) is 13.7. The van der Waals surface area contributed by atoms with Crippen LogP contribution in [0.25, 0.3) is 0 Å². The van der Waals surface area contributed by atoms with Crippen molar-refractivity contribution in [3.05, 3.63) is 44.0 Å². The number of benzene rings is 1. The molecule has 1 amide bonds. The van der Waals surface area contributed by atoms with Gasteiger partial charge in [0.2, 0.25) is 13.0 Å². The molecule has 1 aromatic rings. The Morgan fingerprint density at radius 3 is 2.56 bits per heavy atom. The Morgan fingerprint density at radius 2 is 2.06 bits per heavy atom. The van der Waals surface area contributed by atoms with Gasteiger partial charge in [0.05, 0.1) is 4.92 Å². The van der Waals surface area contributed by atoms with E-state index in [4.69, 9.17) is 0 Å². The number of nitrogens with zero attached hydrogens (tertiary/aromatic N) is 2. The maximum Gasteiger partial charge on any atom is 0.293 e. The maximum absolute atomic E-state index is 10.7. The second kappa shape index (κ2) is 5.68. The minimum atomic E-state index is -1.44. The second-order valence-corrected chi connectivity index (χ2v) is 3.33. The lowest BCUT2D eigenvalue weighted by Gasteiger charge is -2.08. The number of nitrogens with one attached hydrogen (secondary N) is 1. The fourth-order valence-corrected chi connectivity index (χ4v) is 1.34. The van der Waals surface area contributed by atoms with Gasteiger partial charge >= 0.3 is 0 Å². The maximum atomic E-state index is 10.7. The number of hydrogen-bond acceptors (Lipinski definition) is 6. The van der Waals surface area contributed by atoms with Crippen LogP contribution in [0.4, 0.5) is 11.4 Å². The molecule has 1 rings (SSSR count). The summed E-state index contributed by atoms with van der Waals surface area (Å²) in [6.45, 7) is -0.752. The monoisotopic (exact) mass is 255 g/mol. The number of anilines is 1. The first-order chi connectivity index (χ1) is 8.45. The van der Waals surface area contributed by atoms with Crippen LogP contribution in [0.2, 0.25) is 0 Å². The van der Waals surface area contributed by atoms with Crippen LogP contribution in [0.3, 0.4) is 0 Å². The van der Waals surface area contributed by atoms with Crippen LogP contribution in [0.5, 0.6) is 0 Å². The van der Waals surface area contributed by atoms with Crippen LogP contribution in [0.15, 0.2) is 18.2 Å². The van der Waals surface area contributed by atoms with Gasteiger partial charge in [-0.25, -0.2) is 0 Å². The van der Waals surface area contributed by atoms with E-state index in [2.05, 4.69) is 5.32 Å².